The van der Waals surface area contributed by atoms with Crippen molar-refractivity contribution < 1.29 is 0 Å². The molecule has 0 amide bonds. The van der Waals surface area contributed by atoms with Gasteiger partial charge in [0.15, 0.2) is 0 Å². The summed E-state index contributed by atoms with van der Waals surface area (Å²) in [6, 6.07) is 1.94. The highest BCUT2D eigenvalue weighted by atomic mass is 15.1. The highest BCUT2D eigenvalue weighted by Gasteiger charge is 2.02. The molecule has 2 aromatic heterocycles. The molecular formula is C9H10N4. The molecule has 1 N–H and O–H groups in total. The van der Waals surface area contributed by atoms with E-state index in [-0.39, 0.29) is 0 Å². The Bertz CT molecular complexity index is 402. The van der Waals surface area contributed by atoms with E-state index in [0.29, 0.717) is 0 Å². The average molecular weight is 174 g/mol. The first-order valence-electron chi connectivity index (χ1n) is 4.07. The van der Waals surface area contributed by atoms with Crippen molar-refractivity contribution in [3.05, 3.63) is 29.8 Å². The second-order valence-corrected chi connectivity index (χ2v) is 2.98. The molecule has 0 atom stereocenters. The van der Waals surface area contributed by atoms with Crippen molar-refractivity contribution in [1.29, 1.82) is 0 Å². The van der Waals surface area contributed by atoms with Crippen LogP contribution in [0, 0.1) is 13.8 Å². The van der Waals surface area contributed by atoms with Crippen LogP contribution in [0.1, 0.15) is 11.4 Å². The fourth-order valence-corrected chi connectivity index (χ4v) is 1.07. The standard InChI is InChI=1S/C9H10N4/c1-6-3-8(13-12-6)9-5-10-7(2)4-11-9/h3-5H,1-2H3,(H,12,13). The highest BCUT2D eigenvalue weighted by Crippen LogP contribution is 2.12. The van der Waals surface area contributed by atoms with Crippen molar-refractivity contribution in [3.63, 3.8) is 0 Å². The number of aryl methyl sites for hydroxylation is 2. The highest BCUT2D eigenvalue weighted by molar-refractivity contribution is 5.52. The smallest absolute Gasteiger partial charge is 0.112 e. The first kappa shape index (κ1) is 7.91. The summed E-state index contributed by atoms with van der Waals surface area (Å²) >= 11 is 0. The summed E-state index contributed by atoms with van der Waals surface area (Å²) < 4.78 is 0. The molecule has 4 heteroatoms. The van der Waals surface area contributed by atoms with Gasteiger partial charge >= 0.3 is 0 Å². The van der Waals surface area contributed by atoms with Gasteiger partial charge in [-0.15, -0.1) is 0 Å². The zero-order chi connectivity index (χ0) is 9.26. The molecule has 0 aliphatic carbocycles. The molecule has 13 heavy (non-hydrogen) atoms. The van der Waals surface area contributed by atoms with Gasteiger partial charge in [0, 0.05) is 11.9 Å². The van der Waals surface area contributed by atoms with Gasteiger partial charge in [0.05, 0.1) is 11.9 Å². The topological polar surface area (TPSA) is 54.5 Å². The summed E-state index contributed by atoms with van der Waals surface area (Å²) in [6.07, 6.45) is 3.46. The van der Waals surface area contributed by atoms with Crippen LogP contribution in [0.4, 0.5) is 0 Å². The Hall–Kier alpha value is -1.71. The van der Waals surface area contributed by atoms with Crippen molar-refractivity contribution in [1.82, 2.24) is 20.2 Å². The summed E-state index contributed by atoms with van der Waals surface area (Å²) in [5.74, 6) is 0. The lowest BCUT2D eigenvalue weighted by Gasteiger charge is -1.94. The quantitative estimate of drug-likeness (QED) is 0.712. The minimum absolute atomic E-state index is 0.801. The third-order valence-electron chi connectivity index (χ3n) is 1.75. The molecule has 2 rings (SSSR count). The average Bonchev–Trinajstić information content (AvgIpc) is 2.53. The van der Waals surface area contributed by atoms with Crippen LogP contribution in [-0.4, -0.2) is 20.2 Å². The maximum absolute atomic E-state index is 4.22. The van der Waals surface area contributed by atoms with E-state index in [0.717, 1.165) is 22.8 Å². The van der Waals surface area contributed by atoms with Crippen LogP contribution in [0.2, 0.25) is 0 Å². The Morgan fingerprint density at radius 1 is 1.08 bits per heavy atom. The van der Waals surface area contributed by atoms with Gasteiger partial charge in [-0.1, -0.05) is 0 Å². The van der Waals surface area contributed by atoms with Gasteiger partial charge in [-0.25, -0.2) is 0 Å². The molecule has 66 valence electrons. The maximum Gasteiger partial charge on any atom is 0.112 e. The third-order valence-corrected chi connectivity index (χ3v) is 1.75. The van der Waals surface area contributed by atoms with Crippen LogP contribution in [0.3, 0.4) is 0 Å². The van der Waals surface area contributed by atoms with Crippen LogP contribution >= 0.6 is 0 Å². The number of aromatic amines is 1. The van der Waals surface area contributed by atoms with Gasteiger partial charge in [-0.2, -0.15) is 5.10 Å². The Balaban J connectivity index is 2.41. The number of nitrogens with one attached hydrogen (secondary N) is 1. The molecular weight excluding hydrogens is 164 g/mol. The Morgan fingerprint density at radius 3 is 2.46 bits per heavy atom. The number of hydrogen-bond acceptors (Lipinski definition) is 3. The Labute approximate surface area is 76.1 Å². The summed E-state index contributed by atoms with van der Waals surface area (Å²) in [7, 11) is 0. The number of H-pyrrole nitrogens is 1. The number of nitrogens with zero attached hydrogens (tertiary/aromatic N) is 3. The zero-order valence-electron chi connectivity index (χ0n) is 7.57. The third kappa shape index (κ3) is 1.56. The molecule has 0 aliphatic rings. The molecule has 0 fully saturated rings. The molecule has 0 radical (unpaired) electrons. The lowest BCUT2D eigenvalue weighted by Crippen LogP contribution is -1.87. The molecule has 4 nitrogen and oxygen atoms in total. The summed E-state index contributed by atoms with van der Waals surface area (Å²) in [5.41, 5.74) is 3.58. The van der Waals surface area contributed by atoms with Gasteiger partial charge in [0.1, 0.15) is 11.4 Å². The number of rotatable bonds is 1. The van der Waals surface area contributed by atoms with E-state index in [9.17, 15) is 0 Å². The molecule has 0 saturated heterocycles. The van der Waals surface area contributed by atoms with E-state index < -0.39 is 0 Å². The van der Waals surface area contributed by atoms with Gasteiger partial charge in [-0.3, -0.25) is 15.1 Å². The number of hydrogen-bond donors (Lipinski definition) is 1. The molecule has 2 aromatic rings. The summed E-state index contributed by atoms with van der Waals surface area (Å²) in [5, 5.41) is 6.95. The lowest BCUT2D eigenvalue weighted by molar-refractivity contribution is 1.04. The first-order chi connectivity index (χ1) is 6.25. The van der Waals surface area contributed by atoms with Gasteiger partial charge < -0.3 is 0 Å². The zero-order valence-corrected chi connectivity index (χ0v) is 7.57. The normalized spacial score (nSPS) is 10.3. The van der Waals surface area contributed by atoms with E-state index in [2.05, 4.69) is 20.2 Å². The largest absolute Gasteiger partial charge is 0.282 e. The van der Waals surface area contributed by atoms with Crippen LogP contribution in [0.15, 0.2) is 18.5 Å². The predicted molar refractivity (Wildman–Crippen MR) is 49.1 cm³/mol. The SMILES string of the molecule is Cc1cnc(-c2cc(C)[nH]n2)cn1. The molecule has 0 saturated carbocycles. The number of aromatic nitrogens is 4. The van der Waals surface area contributed by atoms with Crippen LogP contribution in [-0.2, 0) is 0 Å². The van der Waals surface area contributed by atoms with E-state index >= 15 is 0 Å². The van der Waals surface area contributed by atoms with Crippen molar-refractivity contribution in [2.75, 3.05) is 0 Å². The van der Waals surface area contributed by atoms with Gasteiger partial charge in [0.2, 0.25) is 0 Å². The minimum atomic E-state index is 0.801. The van der Waals surface area contributed by atoms with E-state index in [1.807, 2.05) is 19.9 Å². The van der Waals surface area contributed by atoms with Crippen LogP contribution in [0.25, 0.3) is 11.4 Å². The Kier molecular flexibility index (Phi) is 1.81. The summed E-state index contributed by atoms with van der Waals surface area (Å²) in [4.78, 5) is 8.37. The van der Waals surface area contributed by atoms with E-state index in [1.54, 1.807) is 12.4 Å². The molecule has 0 aliphatic heterocycles. The molecule has 2 heterocycles. The fraction of sp³-hybridized carbons (Fsp3) is 0.222. The van der Waals surface area contributed by atoms with Crippen molar-refractivity contribution in [2.24, 2.45) is 0 Å². The van der Waals surface area contributed by atoms with E-state index in [4.69, 9.17) is 0 Å². The lowest BCUT2D eigenvalue weighted by atomic mass is 10.3. The van der Waals surface area contributed by atoms with Crippen molar-refractivity contribution in [2.45, 2.75) is 13.8 Å². The van der Waals surface area contributed by atoms with E-state index in [1.165, 1.54) is 0 Å². The van der Waals surface area contributed by atoms with Crippen LogP contribution in [0.5, 0.6) is 0 Å². The van der Waals surface area contributed by atoms with Gasteiger partial charge in [0.25, 0.3) is 0 Å². The maximum atomic E-state index is 4.22. The van der Waals surface area contributed by atoms with Crippen molar-refractivity contribution >= 4 is 0 Å². The van der Waals surface area contributed by atoms with Gasteiger partial charge in [-0.05, 0) is 19.9 Å². The second-order valence-electron chi connectivity index (χ2n) is 2.98. The fourth-order valence-electron chi connectivity index (χ4n) is 1.07. The monoisotopic (exact) mass is 174 g/mol. The van der Waals surface area contributed by atoms with Crippen LogP contribution < -0.4 is 0 Å². The Morgan fingerprint density at radius 2 is 1.92 bits per heavy atom. The second kappa shape index (κ2) is 2.97. The first-order valence-corrected chi connectivity index (χ1v) is 4.07. The molecule has 0 unspecified atom stereocenters. The minimum Gasteiger partial charge on any atom is -0.282 e. The predicted octanol–water partition coefficient (Wildman–Crippen LogP) is 1.48. The molecule has 0 aromatic carbocycles. The molecule has 0 bridgehead atoms. The summed E-state index contributed by atoms with van der Waals surface area (Å²) in [6.45, 7) is 3.87. The van der Waals surface area contributed by atoms with Crippen molar-refractivity contribution in [3.8, 4) is 11.4 Å². The molecule has 0 spiro atoms.